The zero-order valence-corrected chi connectivity index (χ0v) is 20.5. The molecule has 0 spiro atoms. The Labute approximate surface area is 199 Å². The number of carbonyl (C=O) groups excluding carboxylic acids is 2. The Morgan fingerprint density at radius 3 is 2.48 bits per heavy atom. The number of fused-ring (bicyclic) bond motifs is 1. The Kier molecular flexibility index (Phi) is 6.53. The van der Waals surface area contributed by atoms with E-state index in [1.165, 1.54) is 11.2 Å². The van der Waals surface area contributed by atoms with Crippen LogP contribution in [0.25, 0.3) is 0 Å². The van der Waals surface area contributed by atoms with Crippen LogP contribution >= 0.6 is 11.6 Å². The molecule has 0 unspecified atom stereocenters. The van der Waals surface area contributed by atoms with Gasteiger partial charge in [0.1, 0.15) is 0 Å². The minimum Gasteiger partial charge on any atom is -0.326 e. The molecule has 176 valence electrons. The van der Waals surface area contributed by atoms with Crippen molar-refractivity contribution in [2.45, 2.75) is 51.0 Å². The molecule has 0 aromatic heterocycles. The Balaban J connectivity index is 1.43. The van der Waals surface area contributed by atoms with Crippen molar-refractivity contribution in [3.8, 4) is 0 Å². The Bertz CT molecular complexity index is 1210. The Morgan fingerprint density at radius 2 is 1.82 bits per heavy atom. The lowest BCUT2D eigenvalue weighted by atomic mass is 9.97. The fraction of sp³-hybridized carbons (Fsp3) is 0.417. The largest absolute Gasteiger partial charge is 0.326 e. The van der Waals surface area contributed by atoms with Gasteiger partial charge in [0.15, 0.2) is 0 Å². The summed E-state index contributed by atoms with van der Waals surface area (Å²) in [7, 11) is -3.68. The minimum atomic E-state index is -3.68. The number of piperidine rings is 1. The number of anilines is 2. The van der Waals surface area contributed by atoms with Gasteiger partial charge in [-0.05, 0) is 74.6 Å². The monoisotopic (exact) mass is 489 g/mol. The number of halogens is 1. The zero-order chi connectivity index (χ0) is 23.9. The molecule has 4 rings (SSSR count). The van der Waals surface area contributed by atoms with Gasteiger partial charge in [-0.2, -0.15) is 4.31 Å². The SMILES string of the molecule is CC(=O)N1c2ccc(S(=O)(=O)N3CCC(C(=O)Nc4cccc(Cl)c4C)CC3)cc2C[C@H]1C. The molecule has 1 saturated heterocycles. The topological polar surface area (TPSA) is 86.8 Å². The van der Waals surface area contributed by atoms with E-state index in [9.17, 15) is 18.0 Å². The second-order valence-electron chi connectivity index (χ2n) is 8.81. The second-order valence-corrected chi connectivity index (χ2v) is 11.2. The van der Waals surface area contributed by atoms with Crippen LogP contribution in [0, 0.1) is 12.8 Å². The van der Waals surface area contributed by atoms with Gasteiger partial charge in [0.25, 0.3) is 0 Å². The van der Waals surface area contributed by atoms with E-state index in [4.69, 9.17) is 11.6 Å². The molecule has 2 amide bonds. The van der Waals surface area contributed by atoms with Crippen LogP contribution in [0.4, 0.5) is 11.4 Å². The molecule has 7 nitrogen and oxygen atoms in total. The number of rotatable bonds is 4. The smallest absolute Gasteiger partial charge is 0.243 e. The molecule has 1 atom stereocenters. The lowest BCUT2D eigenvalue weighted by molar-refractivity contribution is -0.121. The first-order valence-corrected chi connectivity index (χ1v) is 12.9. The van der Waals surface area contributed by atoms with Crippen molar-refractivity contribution in [2.24, 2.45) is 5.92 Å². The normalized spacial score (nSPS) is 19.4. The zero-order valence-electron chi connectivity index (χ0n) is 19.0. The third-order valence-electron chi connectivity index (χ3n) is 6.59. The number of hydrogen-bond acceptors (Lipinski definition) is 4. The highest BCUT2D eigenvalue weighted by molar-refractivity contribution is 7.89. The maximum absolute atomic E-state index is 13.3. The molecule has 1 N–H and O–H groups in total. The van der Waals surface area contributed by atoms with Crippen molar-refractivity contribution < 1.29 is 18.0 Å². The van der Waals surface area contributed by atoms with E-state index in [0.717, 1.165) is 16.8 Å². The molecule has 0 radical (unpaired) electrons. The fourth-order valence-electron chi connectivity index (χ4n) is 4.73. The molecule has 2 aromatic carbocycles. The van der Waals surface area contributed by atoms with Crippen LogP contribution in [0.2, 0.25) is 5.02 Å². The van der Waals surface area contributed by atoms with Crippen LogP contribution in [0.1, 0.15) is 37.8 Å². The van der Waals surface area contributed by atoms with Gasteiger partial charge in [0, 0.05) is 48.4 Å². The summed E-state index contributed by atoms with van der Waals surface area (Å²) in [5, 5.41) is 3.51. The molecule has 1 fully saturated rings. The van der Waals surface area contributed by atoms with Crippen molar-refractivity contribution >= 4 is 44.8 Å². The summed E-state index contributed by atoms with van der Waals surface area (Å²) < 4.78 is 28.0. The summed E-state index contributed by atoms with van der Waals surface area (Å²) in [6.07, 6.45) is 1.53. The fourth-order valence-corrected chi connectivity index (χ4v) is 6.43. The predicted molar refractivity (Wildman–Crippen MR) is 129 cm³/mol. The van der Waals surface area contributed by atoms with E-state index in [2.05, 4.69) is 5.32 Å². The maximum Gasteiger partial charge on any atom is 0.243 e. The minimum absolute atomic E-state index is 0.00726. The van der Waals surface area contributed by atoms with Crippen molar-refractivity contribution in [2.75, 3.05) is 23.3 Å². The van der Waals surface area contributed by atoms with Crippen LogP contribution < -0.4 is 10.2 Å². The molecular weight excluding hydrogens is 462 g/mol. The summed E-state index contributed by atoms with van der Waals surface area (Å²) >= 11 is 6.13. The number of nitrogens with zero attached hydrogens (tertiary/aromatic N) is 2. The molecule has 2 aliphatic heterocycles. The number of hydrogen-bond donors (Lipinski definition) is 1. The molecule has 2 aromatic rings. The standard InChI is InChI=1S/C24H28ClN3O4S/c1-15-13-19-14-20(7-8-23(19)28(15)17(3)29)33(31,32)27-11-9-18(10-12-27)24(30)26-22-6-4-5-21(25)16(22)2/h4-8,14-15,18H,9-13H2,1-3H3,(H,26,30)/t15-/m1/s1. The summed E-state index contributed by atoms with van der Waals surface area (Å²) in [6.45, 7) is 5.88. The van der Waals surface area contributed by atoms with Gasteiger partial charge in [-0.3, -0.25) is 9.59 Å². The maximum atomic E-state index is 13.3. The van der Waals surface area contributed by atoms with Crippen molar-refractivity contribution in [1.29, 1.82) is 0 Å². The molecule has 0 aliphatic carbocycles. The molecular formula is C24H28ClN3O4S. The Hall–Kier alpha value is -2.42. The Morgan fingerprint density at radius 1 is 1.12 bits per heavy atom. The lowest BCUT2D eigenvalue weighted by Crippen LogP contribution is -2.41. The van der Waals surface area contributed by atoms with E-state index in [1.807, 2.05) is 13.8 Å². The van der Waals surface area contributed by atoms with E-state index in [0.29, 0.717) is 30.0 Å². The average molecular weight is 490 g/mol. The van der Waals surface area contributed by atoms with Gasteiger partial charge >= 0.3 is 0 Å². The highest BCUT2D eigenvalue weighted by atomic mass is 35.5. The molecule has 33 heavy (non-hydrogen) atoms. The van der Waals surface area contributed by atoms with Gasteiger partial charge in [-0.25, -0.2) is 8.42 Å². The van der Waals surface area contributed by atoms with Crippen molar-refractivity contribution in [3.63, 3.8) is 0 Å². The van der Waals surface area contributed by atoms with E-state index < -0.39 is 10.0 Å². The summed E-state index contributed by atoms with van der Waals surface area (Å²) in [5.41, 5.74) is 3.13. The van der Waals surface area contributed by atoms with Crippen LogP contribution in [0.15, 0.2) is 41.3 Å². The molecule has 9 heteroatoms. The van der Waals surface area contributed by atoms with Gasteiger partial charge < -0.3 is 10.2 Å². The quantitative estimate of drug-likeness (QED) is 0.703. The first-order chi connectivity index (χ1) is 15.6. The summed E-state index contributed by atoms with van der Waals surface area (Å²) in [5.74, 6) is -0.432. The van der Waals surface area contributed by atoms with Crippen LogP contribution in [-0.2, 0) is 26.0 Å². The van der Waals surface area contributed by atoms with Gasteiger partial charge in [0.05, 0.1) is 4.90 Å². The predicted octanol–water partition coefficient (Wildman–Crippen LogP) is 3.99. The second kappa shape index (κ2) is 9.08. The number of nitrogens with one attached hydrogen (secondary N) is 1. The van der Waals surface area contributed by atoms with Crippen molar-refractivity contribution in [1.82, 2.24) is 4.31 Å². The van der Waals surface area contributed by atoms with E-state index in [-0.39, 0.29) is 41.8 Å². The molecule has 2 heterocycles. The number of carbonyl (C=O) groups is 2. The lowest BCUT2D eigenvalue weighted by Gasteiger charge is -2.30. The third kappa shape index (κ3) is 4.52. The molecule has 0 bridgehead atoms. The number of amides is 2. The van der Waals surface area contributed by atoms with Gasteiger partial charge in [-0.15, -0.1) is 0 Å². The highest BCUT2D eigenvalue weighted by Gasteiger charge is 2.34. The van der Waals surface area contributed by atoms with Crippen LogP contribution in [0.3, 0.4) is 0 Å². The first kappa shape index (κ1) is 23.7. The van der Waals surface area contributed by atoms with Crippen molar-refractivity contribution in [3.05, 3.63) is 52.5 Å². The highest BCUT2D eigenvalue weighted by Crippen LogP contribution is 2.35. The summed E-state index contributed by atoms with van der Waals surface area (Å²) in [4.78, 5) is 26.6. The van der Waals surface area contributed by atoms with E-state index in [1.54, 1.807) is 41.3 Å². The van der Waals surface area contributed by atoms with E-state index >= 15 is 0 Å². The van der Waals surface area contributed by atoms with Gasteiger partial charge in [0.2, 0.25) is 21.8 Å². The average Bonchev–Trinajstić information content (AvgIpc) is 3.12. The molecule has 2 aliphatic rings. The molecule has 0 saturated carbocycles. The first-order valence-electron chi connectivity index (χ1n) is 11.1. The third-order valence-corrected chi connectivity index (χ3v) is 8.90. The van der Waals surface area contributed by atoms with Gasteiger partial charge in [-0.1, -0.05) is 17.7 Å². The van der Waals surface area contributed by atoms with Crippen LogP contribution in [-0.4, -0.2) is 43.7 Å². The number of benzene rings is 2. The summed E-state index contributed by atoms with van der Waals surface area (Å²) in [6, 6.07) is 10.3. The number of sulfonamides is 1. The van der Waals surface area contributed by atoms with Crippen LogP contribution in [0.5, 0.6) is 0 Å².